The molecule has 0 radical (unpaired) electrons. The van der Waals surface area contributed by atoms with E-state index >= 15 is 0 Å². The summed E-state index contributed by atoms with van der Waals surface area (Å²) in [7, 11) is 1.60. The van der Waals surface area contributed by atoms with Crippen molar-refractivity contribution in [2.24, 2.45) is 0 Å². The van der Waals surface area contributed by atoms with Gasteiger partial charge < -0.3 is 9.64 Å². The second-order valence-electron chi connectivity index (χ2n) is 8.17. The summed E-state index contributed by atoms with van der Waals surface area (Å²) in [5.74, 6) is 0.982. The largest absolute Gasteiger partial charge is 0.497 e. The van der Waals surface area contributed by atoms with Crippen molar-refractivity contribution in [3.63, 3.8) is 0 Å². The van der Waals surface area contributed by atoms with Crippen molar-refractivity contribution in [1.82, 2.24) is 9.55 Å². The first-order valence-electron chi connectivity index (χ1n) is 10.8. The first-order valence-corrected chi connectivity index (χ1v) is 10.8. The number of hydrogen-bond donors (Lipinski definition) is 0. The Bertz CT molecular complexity index is 1470. The minimum atomic E-state index is -0.197. The lowest BCUT2D eigenvalue weighted by molar-refractivity contribution is -0.113. The Kier molecular flexibility index (Phi) is 5.05. The Hall–Kier alpha value is -4.19. The lowest BCUT2D eigenvalue weighted by atomic mass is 10.1. The van der Waals surface area contributed by atoms with Crippen LogP contribution in [0.5, 0.6) is 5.75 Å². The molecule has 0 saturated carbocycles. The number of benzene rings is 3. The summed E-state index contributed by atoms with van der Waals surface area (Å²) in [6.45, 7) is 3.97. The second kappa shape index (κ2) is 8.06. The molecule has 6 heteroatoms. The molecule has 4 aromatic rings. The van der Waals surface area contributed by atoms with Gasteiger partial charge in [-0.3, -0.25) is 14.2 Å². The minimum Gasteiger partial charge on any atom is -0.497 e. The van der Waals surface area contributed by atoms with Crippen molar-refractivity contribution >= 4 is 34.1 Å². The number of hydrogen-bond acceptors (Lipinski definition) is 4. The number of fused-ring (bicyclic) bond motifs is 2. The van der Waals surface area contributed by atoms with E-state index in [2.05, 4.69) is 0 Å². The number of anilines is 1. The SMILES string of the molecule is COc1ccc(-n2c(C=C3C(=O)N(C(C)C)c4ccccc43)nc3ccccc3c2=O)cc1. The molecule has 1 aromatic heterocycles. The molecule has 5 rings (SSSR count). The first-order chi connectivity index (χ1) is 16.0. The molecule has 0 N–H and O–H groups in total. The topological polar surface area (TPSA) is 64.4 Å². The van der Waals surface area contributed by atoms with Crippen LogP contribution in [0.4, 0.5) is 5.69 Å². The number of ether oxygens (including phenoxy) is 1. The fourth-order valence-electron chi connectivity index (χ4n) is 4.27. The van der Waals surface area contributed by atoms with Gasteiger partial charge in [-0.05, 0) is 62.4 Å². The van der Waals surface area contributed by atoms with Gasteiger partial charge in [0.2, 0.25) is 0 Å². The summed E-state index contributed by atoms with van der Waals surface area (Å²) in [4.78, 5) is 33.5. The maximum atomic E-state index is 13.5. The average molecular weight is 437 g/mol. The van der Waals surface area contributed by atoms with Crippen LogP contribution in [0.15, 0.2) is 77.6 Å². The number of carbonyl (C=O) groups is 1. The zero-order valence-corrected chi connectivity index (χ0v) is 18.6. The third-order valence-electron chi connectivity index (χ3n) is 5.83. The van der Waals surface area contributed by atoms with E-state index in [4.69, 9.17) is 9.72 Å². The molecule has 0 saturated heterocycles. The number of amides is 1. The molecule has 3 aromatic carbocycles. The number of para-hydroxylation sites is 2. The van der Waals surface area contributed by atoms with Crippen LogP contribution >= 0.6 is 0 Å². The van der Waals surface area contributed by atoms with Crippen LogP contribution in [0.3, 0.4) is 0 Å². The van der Waals surface area contributed by atoms with E-state index in [1.807, 2.05) is 68.4 Å². The smallest absolute Gasteiger partial charge is 0.266 e. The predicted octanol–water partition coefficient (Wildman–Crippen LogP) is 4.69. The van der Waals surface area contributed by atoms with Gasteiger partial charge in [0.1, 0.15) is 11.6 Å². The molecule has 0 atom stereocenters. The van der Waals surface area contributed by atoms with Gasteiger partial charge in [0, 0.05) is 11.6 Å². The fourth-order valence-corrected chi connectivity index (χ4v) is 4.27. The first kappa shape index (κ1) is 20.7. The summed E-state index contributed by atoms with van der Waals surface area (Å²) in [6, 6.07) is 22.1. The molecule has 0 spiro atoms. The van der Waals surface area contributed by atoms with Crippen molar-refractivity contribution in [2.45, 2.75) is 19.9 Å². The van der Waals surface area contributed by atoms with Gasteiger partial charge in [0.15, 0.2) is 0 Å². The van der Waals surface area contributed by atoms with Crippen LogP contribution in [0.2, 0.25) is 0 Å². The van der Waals surface area contributed by atoms with Gasteiger partial charge >= 0.3 is 0 Å². The van der Waals surface area contributed by atoms with Crippen molar-refractivity contribution in [2.75, 3.05) is 12.0 Å². The van der Waals surface area contributed by atoms with Gasteiger partial charge in [-0.15, -0.1) is 0 Å². The van der Waals surface area contributed by atoms with Crippen LogP contribution in [0, 0.1) is 0 Å². The minimum absolute atomic E-state index is 0.00195. The highest BCUT2D eigenvalue weighted by Crippen LogP contribution is 2.38. The Labute approximate surface area is 191 Å². The van der Waals surface area contributed by atoms with E-state index in [0.29, 0.717) is 33.7 Å². The third-order valence-corrected chi connectivity index (χ3v) is 5.83. The van der Waals surface area contributed by atoms with E-state index in [1.54, 1.807) is 40.9 Å². The van der Waals surface area contributed by atoms with Crippen molar-refractivity contribution in [3.8, 4) is 11.4 Å². The maximum Gasteiger partial charge on any atom is 0.266 e. The molecule has 6 nitrogen and oxygen atoms in total. The zero-order valence-electron chi connectivity index (χ0n) is 18.6. The average Bonchev–Trinajstić information content (AvgIpc) is 3.11. The van der Waals surface area contributed by atoms with Gasteiger partial charge in [0.25, 0.3) is 11.5 Å². The molecule has 1 aliphatic heterocycles. The van der Waals surface area contributed by atoms with Crippen molar-refractivity contribution in [3.05, 3.63) is 94.5 Å². The Morgan fingerprint density at radius 3 is 2.33 bits per heavy atom. The van der Waals surface area contributed by atoms with Gasteiger partial charge in [-0.25, -0.2) is 4.98 Å². The van der Waals surface area contributed by atoms with E-state index in [-0.39, 0.29) is 17.5 Å². The van der Waals surface area contributed by atoms with Gasteiger partial charge in [0.05, 0.1) is 35.0 Å². The Morgan fingerprint density at radius 2 is 1.61 bits per heavy atom. The molecule has 1 amide bonds. The summed E-state index contributed by atoms with van der Waals surface area (Å²) >= 11 is 0. The number of aromatic nitrogens is 2. The molecule has 164 valence electrons. The summed E-state index contributed by atoms with van der Waals surface area (Å²) in [5.41, 5.74) is 3.24. The van der Waals surface area contributed by atoms with Gasteiger partial charge in [-0.2, -0.15) is 0 Å². The maximum absolute atomic E-state index is 13.5. The highest BCUT2D eigenvalue weighted by atomic mass is 16.5. The Balaban J connectivity index is 1.78. The predicted molar refractivity (Wildman–Crippen MR) is 131 cm³/mol. The van der Waals surface area contributed by atoms with Crippen LogP contribution in [0.25, 0.3) is 28.2 Å². The van der Waals surface area contributed by atoms with E-state index in [0.717, 1.165) is 11.3 Å². The molecule has 1 aliphatic rings. The van der Waals surface area contributed by atoms with Crippen LogP contribution < -0.4 is 15.2 Å². The summed E-state index contributed by atoms with van der Waals surface area (Å²) < 4.78 is 6.81. The molecule has 0 bridgehead atoms. The van der Waals surface area contributed by atoms with E-state index in [1.165, 1.54) is 0 Å². The van der Waals surface area contributed by atoms with E-state index < -0.39 is 0 Å². The molecule has 2 heterocycles. The molecule has 33 heavy (non-hydrogen) atoms. The lowest BCUT2D eigenvalue weighted by Crippen LogP contribution is -2.33. The zero-order chi connectivity index (χ0) is 23.1. The molecular formula is C27H23N3O3. The molecule has 0 unspecified atom stereocenters. The highest BCUT2D eigenvalue weighted by molar-refractivity contribution is 6.35. The van der Waals surface area contributed by atoms with Crippen molar-refractivity contribution < 1.29 is 9.53 Å². The number of nitrogens with zero attached hydrogens (tertiary/aromatic N) is 3. The third kappa shape index (κ3) is 3.40. The number of carbonyl (C=O) groups excluding carboxylic acids is 1. The quantitative estimate of drug-likeness (QED) is 0.435. The normalized spacial score (nSPS) is 14.4. The highest BCUT2D eigenvalue weighted by Gasteiger charge is 2.34. The number of methoxy groups -OCH3 is 1. The number of rotatable bonds is 4. The van der Waals surface area contributed by atoms with Crippen LogP contribution in [0.1, 0.15) is 25.2 Å². The molecular weight excluding hydrogens is 414 g/mol. The Morgan fingerprint density at radius 1 is 0.909 bits per heavy atom. The monoisotopic (exact) mass is 437 g/mol. The van der Waals surface area contributed by atoms with Crippen LogP contribution in [-0.4, -0.2) is 28.6 Å². The van der Waals surface area contributed by atoms with Crippen LogP contribution in [-0.2, 0) is 4.79 Å². The van der Waals surface area contributed by atoms with Gasteiger partial charge in [-0.1, -0.05) is 30.3 Å². The fraction of sp³-hybridized carbons (Fsp3) is 0.148. The van der Waals surface area contributed by atoms with Crippen molar-refractivity contribution in [1.29, 1.82) is 0 Å². The summed E-state index contributed by atoms with van der Waals surface area (Å²) in [5, 5.41) is 0.512. The standard InChI is InChI=1S/C27H23N3O3/c1-17(2)29-24-11-7-5-8-20(24)22(27(29)32)16-25-28-23-10-6-4-9-21(23)26(31)30(25)18-12-14-19(33-3)15-13-18/h4-17H,1-3H3. The van der Waals surface area contributed by atoms with E-state index in [9.17, 15) is 9.59 Å². The molecule has 0 aliphatic carbocycles. The molecule has 0 fully saturated rings. The lowest BCUT2D eigenvalue weighted by Gasteiger charge is -2.21. The summed E-state index contributed by atoms with van der Waals surface area (Å²) in [6.07, 6.45) is 1.72. The second-order valence-corrected chi connectivity index (χ2v) is 8.17.